The molecule has 1 N–H and O–H groups in total. The number of piperazine rings is 1. The van der Waals surface area contributed by atoms with Crippen molar-refractivity contribution in [3.63, 3.8) is 0 Å². The Labute approximate surface area is 242 Å². The van der Waals surface area contributed by atoms with Crippen LogP contribution in [0.4, 0.5) is 17.3 Å². The summed E-state index contributed by atoms with van der Waals surface area (Å²) >= 11 is 6.61. The maximum absolute atomic E-state index is 13.6. The van der Waals surface area contributed by atoms with Crippen molar-refractivity contribution >= 4 is 40.0 Å². The summed E-state index contributed by atoms with van der Waals surface area (Å²) in [5, 5.41) is 12.1. The quantitative estimate of drug-likeness (QED) is 0.273. The second kappa shape index (κ2) is 11.3. The van der Waals surface area contributed by atoms with E-state index in [4.69, 9.17) is 21.0 Å². The van der Waals surface area contributed by atoms with Gasteiger partial charge in [-0.05, 0) is 63.2 Å². The SMILES string of the molecule is CCn1c(=O)c(-c2ccc(-c3nnco3)cc2Cl)cc2cnc(Nc3ccc(N4CCN(C(C)C)CC4)cc3)nc21. The lowest BCUT2D eigenvalue weighted by Gasteiger charge is -2.38. The van der Waals surface area contributed by atoms with E-state index in [9.17, 15) is 4.79 Å². The van der Waals surface area contributed by atoms with Gasteiger partial charge in [0, 0.05) is 83.4 Å². The van der Waals surface area contributed by atoms with Gasteiger partial charge in [0.05, 0.1) is 0 Å². The number of nitrogens with one attached hydrogen (secondary N) is 1. The van der Waals surface area contributed by atoms with Gasteiger partial charge in [0.2, 0.25) is 18.2 Å². The molecule has 0 radical (unpaired) electrons. The molecule has 11 heteroatoms. The highest BCUT2D eigenvalue weighted by molar-refractivity contribution is 6.33. The summed E-state index contributed by atoms with van der Waals surface area (Å²) in [5.41, 5.74) is 4.20. The number of anilines is 3. The van der Waals surface area contributed by atoms with Crippen molar-refractivity contribution in [1.82, 2.24) is 29.6 Å². The summed E-state index contributed by atoms with van der Waals surface area (Å²) in [6.45, 7) is 11.0. The number of benzene rings is 2. The van der Waals surface area contributed by atoms with E-state index in [1.54, 1.807) is 35.0 Å². The minimum Gasteiger partial charge on any atom is -0.423 e. The van der Waals surface area contributed by atoms with Crippen LogP contribution in [-0.4, -0.2) is 61.9 Å². The van der Waals surface area contributed by atoms with E-state index in [0.717, 1.165) is 37.3 Å². The Morgan fingerprint density at radius 1 is 1.02 bits per heavy atom. The van der Waals surface area contributed by atoms with Gasteiger partial charge in [0.25, 0.3) is 5.56 Å². The van der Waals surface area contributed by atoms with Crippen LogP contribution in [0.2, 0.25) is 5.02 Å². The Balaban J connectivity index is 1.24. The van der Waals surface area contributed by atoms with E-state index >= 15 is 0 Å². The van der Waals surface area contributed by atoms with E-state index in [1.807, 2.05) is 19.1 Å². The molecule has 0 atom stereocenters. The largest absolute Gasteiger partial charge is 0.423 e. The molecule has 41 heavy (non-hydrogen) atoms. The van der Waals surface area contributed by atoms with Crippen LogP contribution in [0.1, 0.15) is 20.8 Å². The van der Waals surface area contributed by atoms with Crippen LogP contribution in [0.15, 0.2) is 70.3 Å². The monoisotopic (exact) mass is 570 g/mol. The van der Waals surface area contributed by atoms with E-state index in [0.29, 0.717) is 51.8 Å². The van der Waals surface area contributed by atoms with E-state index in [-0.39, 0.29) is 5.56 Å². The van der Waals surface area contributed by atoms with E-state index < -0.39 is 0 Å². The molecule has 5 aromatic rings. The Bertz CT molecular complexity index is 1730. The number of aryl methyl sites for hydroxylation is 1. The van der Waals surface area contributed by atoms with Crippen LogP contribution in [0, 0.1) is 0 Å². The van der Waals surface area contributed by atoms with Gasteiger partial charge in [-0.3, -0.25) is 14.3 Å². The zero-order valence-electron chi connectivity index (χ0n) is 23.2. The molecule has 0 saturated carbocycles. The van der Waals surface area contributed by atoms with Gasteiger partial charge < -0.3 is 14.6 Å². The lowest BCUT2D eigenvalue weighted by molar-refractivity contribution is 0.209. The van der Waals surface area contributed by atoms with Gasteiger partial charge in [-0.25, -0.2) is 4.98 Å². The van der Waals surface area contributed by atoms with Crippen molar-refractivity contribution in [2.75, 3.05) is 36.4 Å². The Hall–Kier alpha value is -4.28. The molecule has 2 aromatic carbocycles. The number of hydrogen-bond acceptors (Lipinski definition) is 9. The minimum atomic E-state index is -0.181. The molecule has 0 bridgehead atoms. The maximum atomic E-state index is 13.6. The average Bonchev–Trinajstić information content (AvgIpc) is 3.53. The van der Waals surface area contributed by atoms with Crippen molar-refractivity contribution in [3.05, 3.63) is 76.5 Å². The van der Waals surface area contributed by atoms with Gasteiger partial charge in [-0.15, -0.1) is 10.2 Å². The van der Waals surface area contributed by atoms with Crippen molar-refractivity contribution in [2.24, 2.45) is 0 Å². The normalized spacial score (nSPS) is 14.2. The van der Waals surface area contributed by atoms with Crippen LogP contribution in [-0.2, 0) is 6.54 Å². The summed E-state index contributed by atoms with van der Waals surface area (Å²) < 4.78 is 6.90. The first kappa shape index (κ1) is 26.9. The molecule has 210 valence electrons. The molecule has 6 rings (SSSR count). The topological polar surface area (TPSA) is 105 Å². The van der Waals surface area contributed by atoms with Crippen molar-refractivity contribution in [3.8, 4) is 22.6 Å². The number of halogens is 1. The predicted octanol–water partition coefficient (Wildman–Crippen LogP) is 5.46. The third-order valence-corrected chi connectivity index (χ3v) is 7.86. The molecular weight excluding hydrogens is 540 g/mol. The summed E-state index contributed by atoms with van der Waals surface area (Å²) in [5.74, 6) is 0.780. The van der Waals surface area contributed by atoms with Crippen LogP contribution < -0.4 is 15.8 Å². The lowest BCUT2D eigenvalue weighted by atomic mass is 10.0. The third-order valence-electron chi connectivity index (χ3n) is 7.54. The van der Waals surface area contributed by atoms with E-state index in [1.165, 1.54) is 12.1 Å². The summed E-state index contributed by atoms with van der Waals surface area (Å²) in [6.07, 6.45) is 2.98. The molecule has 1 saturated heterocycles. The second-order valence-corrected chi connectivity index (χ2v) is 10.7. The summed E-state index contributed by atoms with van der Waals surface area (Å²) in [6, 6.07) is 16.0. The summed E-state index contributed by atoms with van der Waals surface area (Å²) in [7, 11) is 0. The number of nitrogens with zero attached hydrogens (tertiary/aromatic N) is 7. The highest BCUT2D eigenvalue weighted by Crippen LogP contribution is 2.31. The van der Waals surface area contributed by atoms with Crippen LogP contribution in [0.3, 0.4) is 0 Å². The molecule has 10 nitrogen and oxygen atoms in total. The maximum Gasteiger partial charge on any atom is 0.260 e. The zero-order valence-corrected chi connectivity index (χ0v) is 24.0. The fourth-order valence-electron chi connectivity index (χ4n) is 5.25. The highest BCUT2D eigenvalue weighted by Gasteiger charge is 2.19. The first-order valence-corrected chi connectivity index (χ1v) is 14.1. The zero-order chi connectivity index (χ0) is 28.5. The molecule has 0 spiro atoms. The highest BCUT2D eigenvalue weighted by atomic mass is 35.5. The number of fused-ring (bicyclic) bond motifs is 1. The van der Waals surface area contributed by atoms with E-state index in [2.05, 4.69) is 56.3 Å². The molecule has 1 aliphatic heterocycles. The number of aromatic nitrogens is 5. The fourth-order valence-corrected chi connectivity index (χ4v) is 5.53. The van der Waals surface area contributed by atoms with Gasteiger partial charge in [0.1, 0.15) is 5.65 Å². The molecule has 3 aromatic heterocycles. The summed E-state index contributed by atoms with van der Waals surface area (Å²) in [4.78, 5) is 27.7. The first-order valence-electron chi connectivity index (χ1n) is 13.7. The average molecular weight is 571 g/mol. The van der Waals surface area contributed by atoms with Gasteiger partial charge in [-0.1, -0.05) is 17.7 Å². The molecule has 1 fully saturated rings. The molecule has 0 unspecified atom stereocenters. The standard InChI is InChI=1S/C30H31ClN8O2/c1-4-39-27-21(15-25(29(39)40)24-10-5-20(16-26(24)31)28-36-33-18-41-28)17-32-30(35-27)34-22-6-8-23(9-7-22)38-13-11-37(12-14-38)19(2)3/h5-10,15-19H,4,11-14H2,1-3H3,(H,32,34,35). The smallest absolute Gasteiger partial charge is 0.260 e. The lowest BCUT2D eigenvalue weighted by Crippen LogP contribution is -2.48. The number of rotatable bonds is 7. The van der Waals surface area contributed by atoms with Gasteiger partial charge in [-0.2, -0.15) is 4.98 Å². The number of pyridine rings is 1. The first-order chi connectivity index (χ1) is 19.9. The molecule has 1 aliphatic rings. The van der Waals surface area contributed by atoms with Crippen molar-refractivity contribution in [2.45, 2.75) is 33.4 Å². The van der Waals surface area contributed by atoms with Crippen LogP contribution in [0.5, 0.6) is 0 Å². The van der Waals surface area contributed by atoms with Gasteiger partial charge in [0.15, 0.2) is 0 Å². The Kier molecular flexibility index (Phi) is 7.42. The number of hydrogen-bond donors (Lipinski definition) is 1. The van der Waals surface area contributed by atoms with Gasteiger partial charge >= 0.3 is 0 Å². The predicted molar refractivity (Wildman–Crippen MR) is 162 cm³/mol. The molecule has 0 aliphatic carbocycles. The van der Waals surface area contributed by atoms with Crippen LogP contribution >= 0.6 is 11.6 Å². The fraction of sp³-hybridized carbons (Fsp3) is 0.300. The second-order valence-electron chi connectivity index (χ2n) is 10.3. The molecule has 4 heterocycles. The van der Waals surface area contributed by atoms with Crippen molar-refractivity contribution in [1.29, 1.82) is 0 Å². The Morgan fingerprint density at radius 2 is 1.80 bits per heavy atom. The molecule has 0 amide bonds. The minimum absolute atomic E-state index is 0.181. The van der Waals surface area contributed by atoms with Crippen LogP contribution in [0.25, 0.3) is 33.6 Å². The third kappa shape index (κ3) is 5.40. The van der Waals surface area contributed by atoms with Crippen molar-refractivity contribution < 1.29 is 4.42 Å². The Morgan fingerprint density at radius 3 is 2.46 bits per heavy atom. The molecular formula is C30H31ClN8O2.